The molecule has 3 unspecified atom stereocenters. The second-order valence-electron chi connectivity index (χ2n) is 9.27. The molecule has 4 nitrogen and oxygen atoms in total. The van der Waals surface area contributed by atoms with Crippen molar-refractivity contribution in [3.05, 3.63) is 71.8 Å². The topological polar surface area (TPSA) is 74.6 Å². The van der Waals surface area contributed by atoms with Crippen molar-refractivity contribution in [2.24, 2.45) is 0 Å². The Bertz CT molecular complexity index is 867. The maximum Gasteiger partial charge on any atom is 0.274 e. The molecule has 0 spiro atoms. The number of aliphatic hydroxyl groups excluding tert-OH is 1. The first kappa shape index (κ1) is 26.6. The van der Waals surface area contributed by atoms with E-state index in [1.165, 1.54) is 18.4 Å². The Labute approximate surface area is 194 Å². The van der Waals surface area contributed by atoms with Gasteiger partial charge in [0.2, 0.25) is 0 Å². The summed E-state index contributed by atoms with van der Waals surface area (Å²) in [5.74, 6) is 0.574. The highest BCUT2D eigenvalue weighted by Crippen LogP contribution is 2.35. The SMILES string of the molecule is CC(CCCCCC(O)CCCCCC(C)(c1ccccc1)S(=O)(=O)O)c1ccccc1. The van der Waals surface area contributed by atoms with Crippen LogP contribution in [0.2, 0.25) is 0 Å². The highest BCUT2D eigenvalue weighted by Gasteiger charge is 2.39. The minimum atomic E-state index is -4.21. The van der Waals surface area contributed by atoms with Crippen molar-refractivity contribution in [1.82, 2.24) is 0 Å². The summed E-state index contributed by atoms with van der Waals surface area (Å²) in [4.78, 5) is 0. The Morgan fingerprint density at radius 2 is 1.28 bits per heavy atom. The van der Waals surface area contributed by atoms with Crippen LogP contribution in [0.15, 0.2) is 60.7 Å². The van der Waals surface area contributed by atoms with Crippen LogP contribution in [0, 0.1) is 0 Å². The summed E-state index contributed by atoms with van der Waals surface area (Å²) in [7, 11) is -4.21. The maximum absolute atomic E-state index is 12.0. The molecule has 0 heterocycles. The largest absolute Gasteiger partial charge is 0.393 e. The molecule has 3 atom stereocenters. The van der Waals surface area contributed by atoms with E-state index >= 15 is 0 Å². The molecule has 2 N–H and O–H groups in total. The number of rotatable bonds is 15. The molecule has 2 aromatic rings. The molecule has 0 amide bonds. The van der Waals surface area contributed by atoms with Gasteiger partial charge in [-0.2, -0.15) is 8.42 Å². The van der Waals surface area contributed by atoms with Crippen LogP contribution in [0.1, 0.15) is 95.1 Å². The third-order valence-electron chi connectivity index (χ3n) is 6.69. The van der Waals surface area contributed by atoms with Crippen molar-refractivity contribution in [3.8, 4) is 0 Å². The Balaban J connectivity index is 1.60. The Morgan fingerprint density at radius 1 is 0.781 bits per heavy atom. The summed E-state index contributed by atoms with van der Waals surface area (Å²) in [5.41, 5.74) is 2.01. The molecule has 178 valence electrons. The first-order chi connectivity index (χ1) is 15.2. The van der Waals surface area contributed by atoms with Crippen LogP contribution in [0.5, 0.6) is 0 Å². The number of benzene rings is 2. The zero-order valence-corrected chi connectivity index (χ0v) is 20.4. The minimum Gasteiger partial charge on any atom is -0.393 e. The number of hydrogen-bond acceptors (Lipinski definition) is 3. The van der Waals surface area contributed by atoms with E-state index in [0.29, 0.717) is 24.3 Å². The van der Waals surface area contributed by atoms with Crippen molar-refractivity contribution in [2.45, 2.75) is 94.8 Å². The second-order valence-corrected chi connectivity index (χ2v) is 11.1. The molecule has 0 aromatic heterocycles. The zero-order chi connectivity index (χ0) is 23.5. The van der Waals surface area contributed by atoms with Crippen molar-refractivity contribution in [3.63, 3.8) is 0 Å². The molecule has 0 aliphatic rings. The summed E-state index contributed by atoms with van der Waals surface area (Å²) in [5, 5.41) is 10.3. The molecule has 0 saturated carbocycles. The average molecular weight is 461 g/mol. The van der Waals surface area contributed by atoms with E-state index in [2.05, 4.69) is 31.2 Å². The van der Waals surface area contributed by atoms with Gasteiger partial charge in [0, 0.05) is 0 Å². The molecule has 0 radical (unpaired) electrons. The van der Waals surface area contributed by atoms with Crippen LogP contribution in [0.25, 0.3) is 0 Å². The van der Waals surface area contributed by atoms with Crippen molar-refractivity contribution in [1.29, 1.82) is 0 Å². The summed E-state index contributed by atoms with van der Waals surface area (Å²) >= 11 is 0. The summed E-state index contributed by atoms with van der Waals surface area (Å²) < 4.78 is 32.6. The Kier molecular flexibility index (Phi) is 10.9. The second kappa shape index (κ2) is 13.1. The quantitative estimate of drug-likeness (QED) is 0.225. The van der Waals surface area contributed by atoms with Gasteiger partial charge in [-0.3, -0.25) is 4.55 Å². The van der Waals surface area contributed by atoms with Gasteiger partial charge < -0.3 is 5.11 Å². The van der Waals surface area contributed by atoms with E-state index in [-0.39, 0.29) is 6.10 Å². The summed E-state index contributed by atoms with van der Waals surface area (Å²) in [6.07, 6.45) is 8.57. The Morgan fingerprint density at radius 3 is 1.84 bits per heavy atom. The monoisotopic (exact) mass is 460 g/mol. The highest BCUT2D eigenvalue weighted by molar-refractivity contribution is 7.86. The Hall–Kier alpha value is -1.69. The summed E-state index contributed by atoms with van der Waals surface area (Å²) in [6, 6.07) is 19.5. The molecule has 2 aromatic carbocycles. The van der Waals surface area contributed by atoms with Gasteiger partial charge in [-0.15, -0.1) is 0 Å². The molecule has 0 aliphatic heterocycles. The highest BCUT2D eigenvalue weighted by atomic mass is 32.2. The molecular weight excluding hydrogens is 420 g/mol. The van der Waals surface area contributed by atoms with E-state index in [9.17, 15) is 18.1 Å². The normalized spacial score (nSPS) is 15.8. The smallest absolute Gasteiger partial charge is 0.274 e. The molecular formula is C27H40O4S. The molecule has 0 bridgehead atoms. The predicted octanol–water partition coefficient (Wildman–Crippen LogP) is 6.86. The predicted molar refractivity (Wildman–Crippen MR) is 132 cm³/mol. The van der Waals surface area contributed by atoms with Crippen LogP contribution in [-0.2, 0) is 14.9 Å². The van der Waals surface area contributed by atoms with Gasteiger partial charge in [0.15, 0.2) is 0 Å². The number of aliphatic hydroxyl groups is 1. The van der Waals surface area contributed by atoms with Gasteiger partial charge >= 0.3 is 0 Å². The van der Waals surface area contributed by atoms with Crippen molar-refractivity contribution in [2.75, 3.05) is 0 Å². The first-order valence-electron chi connectivity index (χ1n) is 12.0. The van der Waals surface area contributed by atoms with Crippen molar-refractivity contribution < 1.29 is 18.1 Å². The molecule has 2 rings (SSSR count). The van der Waals surface area contributed by atoms with E-state index in [4.69, 9.17) is 0 Å². The molecule has 0 fully saturated rings. The maximum atomic E-state index is 12.0. The summed E-state index contributed by atoms with van der Waals surface area (Å²) in [6.45, 7) is 3.86. The molecule has 32 heavy (non-hydrogen) atoms. The fourth-order valence-electron chi connectivity index (χ4n) is 4.33. The van der Waals surface area contributed by atoms with E-state index in [1.54, 1.807) is 31.2 Å². The fourth-order valence-corrected chi connectivity index (χ4v) is 5.17. The third kappa shape index (κ3) is 8.34. The van der Waals surface area contributed by atoms with E-state index < -0.39 is 14.9 Å². The lowest BCUT2D eigenvalue weighted by Gasteiger charge is -2.26. The van der Waals surface area contributed by atoms with Gasteiger partial charge in [-0.05, 0) is 49.7 Å². The van der Waals surface area contributed by atoms with E-state index in [0.717, 1.165) is 38.5 Å². The number of unbranched alkanes of at least 4 members (excludes halogenated alkanes) is 4. The van der Waals surface area contributed by atoms with Gasteiger partial charge in [-0.1, -0.05) is 106 Å². The van der Waals surface area contributed by atoms with Crippen LogP contribution in [-0.4, -0.2) is 24.2 Å². The lowest BCUT2D eigenvalue weighted by Crippen LogP contribution is -2.32. The van der Waals surface area contributed by atoms with Crippen LogP contribution < -0.4 is 0 Å². The minimum absolute atomic E-state index is 0.288. The van der Waals surface area contributed by atoms with Gasteiger partial charge in [0.05, 0.1) is 6.10 Å². The zero-order valence-electron chi connectivity index (χ0n) is 19.6. The van der Waals surface area contributed by atoms with Gasteiger partial charge in [-0.25, -0.2) is 0 Å². The third-order valence-corrected chi connectivity index (χ3v) is 8.27. The molecule has 5 heteroatoms. The van der Waals surface area contributed by atoms with Gasteiger partial charge in [0.1, 0.15) is 4.75 Å². The van der Waals surface area contributed by atoms with Crippen molar-refractivity contribution >= 4 is 10.1 Å². The fraction of sp³-hybridized carbons (Fsp3) is 0.556. The average Bonchev–Trinajstić information content (AvgIpc) is 2.78. The first-order valence-corrected chi connectivity index (χ1v) is 13.4. The lowest BCUT2D eigenvalue weighted by atomic mass is 9.93. The van der Waals surface area contributed by atoms with Crippen LogP contribution in [0.3, 0.4) is 0 Å². The van der Waals surface area contributed by atoms with Gasteiger partial charge in [0.25, 0.3) is 10.1 Å². The van der Waals surface area contributed by atoms with Crippen LogP contribution in [0.4, 0.5) is 0 Å². The lowest BCUT2D eigenvalue weighted by molar-refractivity contribution is 0.147. The van der Waals surface area contributed by atoms with E-state index in [1.807, 2.05) is 12.1 Å². The number of hydrogen-bond donors (Lipinski definition) is 2. The van der Waals surface area contributed by atoms with Crippen LogP contribution >= 0.6 is 0 Å². The standard InChI is InChI=1S/C27H40O4S/c1-23(24-16-8-4-9-17-24)15-7-3-12-20-26(28)21-13-6-14-22-27(2,32(29,30)31)25-18-10-5-11-19-25/h4-5,8-11,16-19,23,26,28H,3,6-7,12-15,20-22H2,1-2H3,(H,29,30,31). The molecule has 0 aliphatic carbocycles. The molecule has 0 saturated heterocycles.